The quantitative estimate of drug-likeness (QED) is 0.798. The van der Waals surface area contributed by atoms with Crippen molar-refractivity contribution in [2.24, 2.45) is 5.73 Å². The lowest BCUT2D eigenvalue weighted by Crippen LogP contribution is -1.95. The Morgan fingerprint density at radius 2 is 2.07 bits per heavy atom. The van der Waals surface area contributed by atoms with E-state index in [0.717, 1.165) is 11.1 Å². The number of aromatic amines is 1. The molecule has 3 N–H and O–H groups in total. The number of halogens is 3. The summed E-state index contributed by atoms with van der Waals surface area (Å²) in [7, 11) is 0. The van der Waals surface area contributed by atoms with Crippen molar-refractivity contribution in [3.8, 4) is 0 Å². The van der Waals surface area contributed by atoms with Crippen molar-refractivity contribution in [2.45, 2.75) is 6.54 Å². The van der Waals surface area contributed by atoms with E-state index in [9.17, 15) is 4.39 Å². The lowest BCUT2D eigenvalue weighted by Gasteiger charge is -1.87. The number of aromatic nitrogens is 2. The van der Waals surface area contributed by atoms with Crippen LogP contribution < -0.4 is 5.73 Å². The lowest BCUT2D eigenvalue weighted by atomic mass is 10.3. The topological polar surface area (TPSA) is 54.7 Å². The van der Waals surface area contributed by atoms with Crippen molar-refractivity contribution in [1.82, 2.24) is 9.97 Å². The number of nitrogens with one attached hydrogen (secondary N) is 1. The molecule has 2 aromatic heterocycles. The zero-order chi connectivity index (χ0) is 8.55. The predicted molar refractivity (Wildman–Crippen MR) is 58.4 cm³/mol. The van der Waals surface area contributed by atoms with E-state index in [0.29, 0.717) is 12.2 Å². The van der Waals surface area contributed by atoms with Crippen molar-refractivity contribution >= 4 is 35.8 Å². The molecule has 2 rings (SSSR count). The highest BCUT2D eigenvalue weighted by Gasteiger charge is 2.00. The standard InChI is InChI=1S/C8H8FN3.2ClH/c9-6-1-5-2-7(3-10)12-8(5)11-4-6;;/h1-2,4H,3,10H2,(H,11,12);2*1H. The molecule has 0 bridgehead atoms. The van der Waals surface area contributed by atoms with Gasteiger partial charge < -0.3 is 10.7 Å². The number of H-pyrrole nitrogens is 1. The summed E-state index contributed by atoms with van der Waals surface area (Å²) >= 11 is 0. The van der Waals surface area contributed by atoms with E-state index >= 15 is 0 Å². The molecule has 78 valence electrons. The fraction of sp³-hybridized carbons (Fsp3) is 0.125. The molecule has 2 heterocycles. The minimum atomic E-state index is -0.329. The average Bonchev–Trinajstić information content (AvgIpc) is 2.46. The Balaban J connectivity index is 0.000000845. The Kier molecular flexibility index (Phi) is 4.83. The van der Waals surface area contributed by atoms with E-state index in [1.54, 1.807) is 6.07 Å². The first-order valence-electron chi connectivity index (χ1n) is 3.63. The van der Waals surface area contributed by atoms with Crippen LogP contribution in [-0.2, 0) is 6.54 Å². The molecule has 0 spiro atoms. The molecule has 3 nitrogen and oxygen atoms in total. The Labute approximate surface area is 92.7 Å². The summed E-state index contributed by atoms with van der Waals surface area (Å²) in [5.41, 5.74) is 6.94. The van der Waals surface area contributed by atoms with Gasteiger partial charge in [0.15, 0.2) is 0 Å². The Morgan fingerprint density at radius 3 is 2.71 bits per heavy atom. The van der Waals surface area contributed by atoms with Crippen LogP contribution in [0.5, 0.6) is 0 Å². The summed E-state index contributed by atoms with van der Waals surface area (Å²) in [5.74, 6) is -0.329. The highest BCUT2D eigenvalue weighted by Crippen LogP contribution is 2.13. The van der Waals surface area contributed by atoms with Crippen LogP contribution >= 0.6 is 24.8 Å². The Hall–Kier alpha value is -0.840. The van der Waals surface area contributed by atoms with E-state index in [1.807, 2.05) is 0 Å². The third-order valence-corrected chi connectivity index (χ3v) is 1.71. The number of nitrogens with two attached hydrogens (primary N) is 1. The number of rotatable bonds is 1. The van der Waals surface area contributed by atoms with Gasteiger partial charge in [-0.2, -0.15) is 0 Å². The highest BCUT2D eigenvalue weighted by molar-refractivity contribution is 5.85. The number of pyridine rings is 1. The number of hydrogen-bond donors (Lipinski definition) is 2. The monoisotopic (exact) mass is 237 g/mol. The summed E-state index contributed by atoms with van der Waals surface area (Å²) in [4.78, 5) is 6.83. The van der Waals surface area contributed by atoms with E-state index in [-0.39, 0.29) is 30.6 Å². The van der Waals surface area contributed by atoms with Gasteiger partial charge >= 0.3 is 0 Å². The summed E-state index contributed by atoms with van der Waals surface area (Å²) < 4.78 is 12.6. The second kappa shape index (κ2) is 5.14. The van der Waals surface area contributed by atoms with Crippen molar-refractivity contribution < 1.29 is 4.39 Å². The predicted octanol–water partition coefficient (Wildman–Crippen LogP) is 2.00. The van der Waals surface area contributed by atoms with Crippen molar-refractivity contribution in [1.29, 1.82) is 0 Å². The third kappa shape index (κ3) is 2.35. The molecule has 0 aliphatic carbocycles. The molecule has 0 aliphatic heterocycles. The molecule has 0 aromatic carbocycles. The van der Waals surface area contributed by atoms with Crippen LogP contribution in [0.1, 0.15) is 5.69 Å². The second-order valence-electron chi connectivity index (χ2n) is 2.59. The first-order valence-corrected chi connectivity index (χ1v) is 3.63. The molecule has 0 radical (unpaired) electrons. The molecule has 0 unspecified atom stereocenters. The first-order chi connectivity index (χ1) is 5.79. The van der Waals surface area contributed by atoms with Gasteiger partial charge in [0, 0.05) is 17.6 Å². The minimum absolute atomic E-state index is 0. The van der Waals surface area contributed by atoms with Crippen molar-refractivity contribution in [3.63, 3.8) is 0 Å². The van der Waals surface area contributed by atoms with Crippen LogP contribution in [-0.4, -0.2) is 9.97 Å². The summed E-state index contributed by atoms with van der Waals surface area (Å²) in [6.07, 6.45) is 1.18. The lowest BCUT2D eigenvalue weighted by molar-refractivity contribution is 0.624. The Morgan fingerprint density at radius 1 is 1.36 bits per heavy atom. The smallest absolute Gasteiger partial charge is 0.142 e. The molecule has 2 aromatic rings. The molecular formula is C8H10Cl2FN3. The SMILES string of the molecule is Cl.Cl.NCc1cc2cc(F)cnc2[nH]1. The summed E-state index contributed by atoms with van der Waals surface area (Å²) in [6, 6.07) is 3.23. The maximum atomic E-state index is 12.6. The number of nitrogens with zero attached hydrogens (tertiary/aromatic N) is 1. The first kappa shape index (κ1) is 13.2. The van der Waals surface area contributed by atoms with E-state index in [4.69, 9.17) is 5.73 Å². The van der Waals surface area contributed by atoms with E-state index in [2.05, 4.69) is 9.97 Å². The van der Waals surface area contributed by atoms with Gasteiger partial charge in [-0.15, -0.1) is 24.8 Å². The van der Waals surface area contributed by atoms with Gasteiger partial charge in [-0.25, -0.2) is 9.37 Å². The van der Waals surface area contributed by atoms with Crippen molar-refractivity contribution in [3.05, 3.63) is 29.8 Å². The Bertz CT molecular complexity index is 416. The molecule has 0 aliphatic rings. The third-order valence-electron chi connectivity index (χ3n) is 1.71. The maximum absolute atomic E-state index is 12.6. The van der Waals surface area contributed by atoms with E-state index < -0.39 is 0 Å². The molecule has 0 atom stereocenters. The fourth-order valence-electron chi connectivity index (χ4n) is 1.16. The largest absolute Gasteiger partial charge is 0.342 e. The van der Waals surface area contributed by atoms with Gasteiger partial charge in [0.1, 0.15) is 11.5 Å². The van der Waals surface area contributed by atoms with Gasteiger partial charge in [-0.05, 0) is 12.1 Å². The molecule has 14 heavy (non-hydrogen) atoms. The highest BCUT2D eigenvalue weighted by atomic mass is 35.5. The zero-order valence-electron chi connectivity index (χ0n) is 7.16. The molecular weight excluding hydrogens is 228 g/mol. The van der Waals surface area contributed by atoms with Crippen LogP contribution in [0.2, 0.25) is 0 Å². The second-order valence-corrected chi connectivity index (χ2v) is 2.59. The molecule has 0 amide bonds. The maximum Gasteiger partial charge on any atom is 0.142 e. The van der Waals surface area contributed by atoms with Crippen LogP contribution in [0.4, 0.5) is 4.39 Å². The molecule has 0 saturated heterocycles. The zero-order valence-corrected chi connectivity index (χ0v) is 8.79. The van der Waals surface area contributed by atoms with Gasteiger partial charge in [0.05, 0.1) is 6.20 Å². The summed E-state index contributed by atoms with van der Waals surface area (Å²) in [5, 5.41) is 0.760. The number of hydrogen-bond acceptors (Lipinski definition) is 2. The van der Waals surface area contributed by atoms with Crippen LogP contribution in [0.3, 0.4) is 0 Å². The van der Waals surface area contributed by atoms with Gasteiger partial charge in [0.2, 0.25) is 0 Å². The van der Waals surface area contributed by atoms with Gasteiger partial charge in [0.25, 0.3) is 0 Å². The van der Waals surface area contributed by atoms with Crippen LogP contribution in [0, 0.1) is 5.82 Å². The van der Waals surface area contributed by atoms with Crippen molar-refractivity contribution in [2.75, 3.05) is 0 Å². The fourth-order valence-corrected chi connectivity index (χ4v) is 1.16. The van der Waals surface area contributed by atoms with Crippen LogP contribution in [0.25, 0.3) is 11.0 Å². The average molecular weight is 238 g/mol. The molecule has 6 heteroatoms. The normalized spacial score (nSPS) is 9.29. The van der Waals surface area contributed by atoms with E-state index in [1.165, 1.54) is 12.3 Å². The van der Waals surface area contributed by atoms with Gasteiger partial charge in [-0.1, -0.05) is 0 Å². The summed E-state index contributed by atoms with van der Waals surface area (Å²) in [6.45, 7) is 0.415. The number of fused-ring (bicyclic) bond motifs is 1. The van der Waals surface area contributed by atoms with Crippen LogP contribution in [0.15, 0.2) is 18.3 Å². The molecule has 0 saturated carbocycles. The van der Waals surface area contributed by atoms with Gasteiger partial charge in [-0.3, -0.25) is 0 Å². The minimum Gasteiger partial charge on any atom is -0.342 e. The molecule has 0 fully saturated rings.